The summed E-state index contributed by atoms with van der Waals surface area (Å²) in [5.74, 6) is 0. The molecule has 5 atom stereocenters. The van der Waals surface area contributed by atoms with Crippen molar-refractivity contribution < 1.29 is 20.1 Å². The number of hydrazone groups is 1. The predicted molar refractivity (Wildman–Crippen MR) is 94.9 cm³/mol. The molecule has 1 aliphatic heterocycles. The van der Waals surface area contributed by atoms with Crippen LogP contribution < -0.4 is 10.7 Å². The van der Waals surface area contributed by atoms with Gasteiger partial charge >= 0.3 is 0 Å². The fourth-order valence-corrected chi connectivity index (χ4v) is 2.58. The van der Waals surface area contributed by atoms with Gasteiger partial charge in [-0.05, 0) is 36.3 Å². The van der Waals surface area contributed by atoms with Crippen molar-refractivity contribution in [2.24, 2.45) is 5.10 Å². The third-order valence-electron chi connectivity index (χ3n) is 3.64. The summed E-state index contributed by atoms with van der Waals surface area (Å²) in [5.41, 5.74) is 3.42. The Hall–Kier alpha value is -1.29. The molecule has 132 valence electrons. The molecule has 0 bridgehead atoms. The van der Waals surface area contributed by atoms with Crippen LogP contribution in [-0.4, -0.2) is 57.3 Å². The molecule has 0 aliphatic carbocycles. The third-order valence-corrected chi connectivity index (χ3v) is 4.10. The molecule has 0 saturated carbocycles. The van der Waals surface area contributed by atoms with Crippen molar-refractivity contribution in [1.82, 2.24) is 10.7 Å². The Morgan fingerprint density at radius 2 is 1.92 bits per heavy atom. The maximum atomic E-state index is 9.96. The number of benzene rings is 1. The van der Waals surface area contributed by atoms with Crippen molar-refractivity contribution in [3.8, 4) is 0 Å². The molecular weight excluding hydrogens is 354 g/mol. The van der Waals surface area contributed by atoms with Gasteiger partial charge in [-0.25, -0.2) is 0 Å². The van der Waals surface area contributed by atoms with Gasteiger partial charge in [-0.2, -0.15) is 5.10 Å². The zero-order valence-corrected chi connectivity index (χ0v) is 14.5. The van der Waals surface area contributed by atoms with E-state index in [4.69, 9.17) is 28.6 Å². The molecule has 24 heavy (non-hydrogen) atoms. The number of aliphatic hydroxyl groups excluding tert-OH is 3. The fourth-order valence-electron chi connectivity index (χ4n) is 2.28. The molecule has 0 radical (unpaired) electrons. The first-order chi connectivity index (χ1) is 11.4. The minimum Gasteiger partial charge on any atom is -0.388 e. The predicted octanol–water partition coefficient (Wildman–Crippen LogP) is 0.356. The molecule has 1 aliphatic rings. The molecule has 1 fully saturated rings. The quantitative estimate of drug-likeness (QED) is 0.294. The van der Waals surface area contributed by atoms with Gasteiger partial charge in [-0.3, -0.25) is 5.43 Å². The van der Waals surface area contributed by atoms with Crippen LogP contribution in [0.25, 0.3) is 0 Å². The summed E-state index contributed by atoms with van der Waals surface area (Å²) in [6.07, 6.45) is -3.29. The van der Waals surface area contributed by atoms with E-state index in [0.29, 0.717) is 11.4 Å². The van der Waals surface area contributed by atoms with Crippen LogP contribution in [0.15, 0.2) is 29.4 Å². The second kappa shape index (κ2) is 8.70. The standard InChI is InChI=1S/C15H20ClN3O4S/c1-2-10-11(20)12(21)13(22)14(23-10)18-15(24)19-17-7-8-3-5-9(16)6-4-8/h3-7,10-14,20-22H,2H2,1H3,(H2,18,19,24)/b17-7+/t10-,11-,12+,13-,14-/m1/s1. The number of thiocarbonyl (C=S) groups is 1. The van der Waals surface area contributed by atoms with Crippen molar-refractivity contribution in [2.45, 2.75) is 44.0 Å². The molecule has 0 unspecified atom stereocenters. The summed E-state index contributed by atoms with van der Waals surface area (Å²) < 4.78 is 5.51. The van der Waals surface area contributed by atoms with Gasteiger partial charge in [-0.1, -0.05) is 30.7 Å². The Morgan fingerprint density at radius 3 is 2.54 bits per heavy atom. The van der Waals surface area contributed by atoms with E-state index in [-0.39, 0.29) is 5.11 Å². The van der Waals surface area contributed by atoms with E-state index in [1.54, 1.807) is 30.5 Å². The Bertz CT molecular complexity index is 585. The fraction of sp³-hybridized carbons (Fsp3) is 0.467. The van der Waals surface area contributed by atoms with Crippen LogP contribution in [0, 0.1) is 0 Å². The van der Waals surface area contributed by atoms with Crippen LogP contribution >= 0.6 is 23.8 Å². The van der Waals surface area contributed by atoms with Crippen LogP contribution in [0.2, 0.25) is 5.02 Å². The van der Waals surface area contributed by atoms with Crippen molar-refractivity contribution in [3.05, 3.63) is 34.9 Å². The smallest absolute Gasteiger partial charge is 0.189 e. The third kappa shape index (κ3) is 4.85. The lowest BCUT2D eigenvalue weighted by atomic mass is 9.96. The summed E-state index contributed by atoms with van der Waals surface area (Å²) in [6, 6.07) is 7.07. The molecule has 5 N–H and O–H groups in total. The van der Waals surface area contributed by atoms with Crippen molar-refractivity contribution in [2.75, 3.05) is 0 Å². The van der Waals surface area contributed by atoms with Crippen molar-refractivity contribution in [3.63, 3.8) is 0 Å². The zero-order valence-electron chi connectivity index (χ0n) is 13.0. The number of hydrogen-bond acceptors (Lipinski definition) is 6. The Kier molecular flexibility index (Phi) is 6.90. The lowest BCUT2D eigenvalue weighted by molar-refractivity contribution is -0.225. The van der Waals surface area contributed by atoms with Gasteiger partial charge in [0.25, 0.3) is 0 Å². The molecule has 0 amide bonds. The first kappa shape index (κ1) is 19.0. The normalized spacial score (nSPS) is 30.3. The number of nitrogens with zero attached hydrogens (tertiary/aromatic N) is 1. The van der Waals surface area contributed by atoms with Crippen molar-refractivity contribution in [1.29, 1.82) is 0 Å². The second-order valence-corrected chi connectivity index (χ2v) is 6.21. The van der Waals surface area contributed by atoms with E-state index in [1.807, 2.05) is 6.92 Å². The van der Waals surface area contributed by atoms with Gasteiger partial charge < -0.3 is 25.4 Å². The van der Waals surface area contributed by atoms with Crippen LogP contribution in [0.3, 0.4) is 0 Å². The molecule has 1 aromatic carbocycles. The number of nitrogens with one attached hydrogen (secondary N) is 2. The van der Waals surface area contributed by atoms with Crippen LogP contribution in [-0.2, 0) is 4.74 Å². The summed E-state index contributed by atoms with van der Waals surface area (Å²) >= 11 is 10.9. The summed E-state index contributed by atoms with van der Waals surface area (Å²) in [4.78, 5) is 0. The highest BCUT2D eigenvalue weighted by Gasteiger charge is 2.43. The Morgan fingerprint density at radius 1 is 1.25 bits per heavy atom. The number of rotatable bonds is 4. The molecule has 0 aromatic heterocycles. The Balaban J connectivity index is 1.88. The van der Waals surface area contributed by atoms with Crippen LogP contribution in [0.5, 0.6) is 0 Å². The maximum absolute atomic E-state index is 9.96. The molecule has 7 nitrogen and oxygen atoms in total. The highest BCUT2D eigenvalue weighted by atomic mass is 35.5. The topological polar surface area (TPSA) is 106 Å². The molecule has 9 heteroatoms. The zero-order chi connectivity index (χ0) is 17.7. The average molecular weight is 374 g/mol. The maximum Gasteiger partial charge on any atom is 0.189 e. The molecular formula is C15H20ClN3O4S. The number of hydrogen-bond donors (Lipinski definition) is 5. The van der Waals surface area contributed by atoms with E-state index in [0.717, 1.165) is 5.56 Å². The molecule has 2 rings (SSSR count). The molecule has 1 heterocycles. The van der Waals surface area contributed by atoms with Crippen LogP contribution in [0.4, 0.5) is 0 Å². The first-order valence-electron chi connectivity index (χ1n) is 7.47. The van der Waals surface area contributed by atoms with E-state index >= 15 is 0 Å². The summed E-state index contributed by atoms with van der Waals surface area (Å²) in [6.45, 7) is 1.81. The SMILES string of the molecule is CC[C@H]1O[C@@H](NC(=S)N/N=C/c2ccc(Cl)cc2)[C@H](O)[C@@H](O)[C@@H]1O. The second-order valence-electron chi connectivity index (χ2n) is 5.37. The van der Waals surface area contributed by atoms with E-state index in [2.05, 4.69) is 15.8 Å². The minimum atomic E-state index is -1.32. The summed E-state index contributed by atoms with van der Waals surface area (Å²) in [7, 11) is 0. The number of aliphatic hydroxyl groups is 3. The van der Waals surface area contributed by atoms with E-state index in [1.165, 1.54) is 0 Å². The van der Waals surface area contributed by atoms with Gasteiger partial charge in [0.1, 0.15) is 18.3 Å². The number of ether oxygens (including phenoxy) is 1. The van der Waals surface area contributed by atoms with Crippen molar-refractivity contribution >= 4 is 35.1 Å². The largest absolute Gasteiger partial charge is 0.388 e. The van der Waals surface area contributed by atoms with E-state index < -0.39 is 30.6 Å². The number of halogens is 1. The molecule has 1 saturated heterocycles. The first-order valence-corrected chi connectivity index (χ1v) is 8.25. The average Bonchev–Trinajstić information content (AvgIpc) is 2.57. The van der Waals surface area contributed by atoms with Gasteiger partial charge in [0.15, 0.2) is 11.3 Å². The van der Waals surface area contributed by atoms with E-state index in [9.17, 15) is 15.3 Å². The van der Waals surface area contributed by atoms with Gasteiger partial charge in [-0.15, -0.1) is 0 Å². The Labute approximate surface area is 150 Å². The summed E-state index contributed by atoms with van der Waals surface area (Å²) in [5, 5.41) is 37.1. The lowest BCUT2D eigenvalue weighted by Gasteiger charge is -2.40. The highest BCUT2D eigenvalue weighted by molar-refractivity contribution is 7.80. The lowest BCUT2D eigenvalue weighted by Crippen LogP contribution is -2.62. The van der Waals surface area contributed by atoms with Gasteiger partial charge in [0.05, 0.1) is 12.3 Å². The van der Waals surface area contributed by atoms with Gasteiger partial charge in [0.2, 0.25) is 0 Å². The van der Waals surface area contributed by atoms with Gasteiger partial charge in [0, 0.05) is 5.02 Å². The van der Waals surface area contributed by atoms with Crippen LogP contribution in [0.1, 0.15) is 18.9 Å². The molecule has 1 aromatic rings. The minimum absolute atomic E-state index is 0.114. The molecule has 0 spiro atoms. The highest BCUT2D eigenvalue weighted by Crippen LogP contribution is 2.21. The monoisotopic (exact) mass is 373 g/mol.